The third kappa shape index (κ3) is 5.46. The van der Waals surface area contributed by atoms with Crippen LogP contribution in [0.1, 0.15) is 63.6 Å². The van der Waals surface area contributed by atoms with Crippen LogP contribution in [0.5, 0.6) is 0 Å². The van der Waals surface area contributed by atoms with Crippen LogP contribution >= 0.6 is 0 Å². The lowest BCUT2D eigenvalue weighted by Crippen LogP contribution is -2.45. The largest absolute Gasteiger partial charge is 0.322 e. The average Bonchev–Trinajstić information content (AvgIpc) is 3.29. The maximum absolute atomic E-state index is 13.0. The van der Waals surface area contributed by atoms with Gasteiger partial charge in [-0.1, -0.05) is 32.1 Å². The summed E-state index contributed by atoms with van der Waals surface area (Å²) < 4.78 is 0. The van der Waals surface area contributed by atoms with Gasteiger partial charge in [0.2, 0.25) is 0 Å². The Hall–Kier alpha value is -2.68. The van der Waals surface area contributed by atoms with Crippen molar-refractivity contribution in [3.05, 3.63) is 70.2 Å². The second kappa shape index (κ2) is 9.67. The Kier molecular flexibility index (Phi) is 6.88. The zero-order valence-electron chi connectivity index (χ0n) is 20.4. The van der Waals surface area contributed by atoms with Gasteiger partial charge in [-0.2, -0.15) is 0 Å². The van der Waals surface area contributed by atoms with E-state index in [9.17, 15) is 4.79 Å². The lowest BCUT2D eigenvalue weighted by molar-refractivity contribution is -0.112. The molecule has 1 fully saturated rings. The predicted molar refractivity (Wildman–Crippen MR) is 136 cm³/mol. The molecule has 1 atom stereocenters. The summed E-state index contributed by atoms with van der Waals surface area (Å²) in [4.78, 5) is 21.3. The molecular weight excluding hydrogens is 408 g/mol. The van der Waals surface area contributed by atoms with Crippen molar-refractivity contribution in [1.82, 2.24) is 9.80 Å². The number of carbonyl (C=O) groups is 1. The molecule has 1 heterocycles. The van der Waals surface area contributed by atoms with Gasteiger partial charge in [0.05, 0.1) is 6.57 Å². The Morgan fingerprint density at radius 3 is 2.58 bits per heavy atom. The number of nitrogens with zero attached hydrogens (tertiary/aromatic N) is 3. The van der Waals surface area contributed by atoms with Crippen LogP contribution in [0.15, 0.2) is 47.7 Å². The standard InChI is InChI=1S/C28H36N4O/c1-20(32-16-14-31(5)15-17-32)22-7-9-26(30-27(33)23-6-8-24(18-23)29-4)25(19-22)21-10-12-28(2,3)13-11-21/h7-10,18-20H,6,11-17H2,1-3,5H3,(H,30,33). The van der Waals surface area contributed by atoms with E-state index in [0.29, 0.717) is 29.1 Å². The maximum Gasteiger partial charge on any atom is 0.250 e. The Bertz CT molecular complexity index is 1050. The highest BCUT2D eigenvalue weighted by Crippen LogP contribution is 2.41. The van der Waals surface area contributed by atoms with Gasteiger partial charge in [0.1, 0.15) is 0 Å². The van der Waals surface area contributed by atoms with Crippen LogP contribution in [0.3, 0.4) is 0 Å². The molecule has 5 nitrogen and oxygen atoms in total. The molecule has 174 valence electrons. The maximum atomic E-state index is 13.0. The van der Waals surface area contributed by atoms with Gasteiger partial charge >= 0.3 is 0 Å². The van der Waals surface area contributed by atoms with Crippen molar-refractivity contribution in [3.63, 3.8) is 0 Å². The minimum atomic E-state index is -0.109. The molecule has 1 N–H and O–H groups in total. The fraction of sp³-hybridized carbons (Fsp3) is 0.500. The molecule has 1 aliphatic heterocycles. The van der Waals surface area contributed by atoms with Crippen molar-refractivity contribution in [1.29, 1.82) is 0 Å². The van der Waals surface area contributed by atoms with Crippen LogP contribution in [-0.4, -0.2) is 48.9 Å². The monoisotopic (exact) mass is 444 g/mol. The number of likely N-dealkylation sites (N-methyl/N-ethyl adjacent to an activating group) is 1. The van der Waals surface area contributed by atoms with Crippen LogP contribution in [0.2, 0.25) is 0 Å². The zero-order valence-corrected chi connectivity index (χ0v) is 20.4. The first-order chi connectivity index (χ1) is 15.8. The predicted octanol–water partition coefficient (Wildman–Crippen LogP) is 5.66. The van der Waals surface area contributed by atoms with E-state index < -0.39 is 0 Å². The Labute approximate surface area is 198 Å². The molecule has 1 saturated heterocycles. The SMILES string of the molecule is [C-]#[N+]C1=CCC(C(=O)Nc2ccc(C(C)N3CCN(C)CC3)cc2C2=CCC(C)(C)CC2)=C1. The fourth-order valence-electron chi connectivity index (χ4n) is 4.89. The number of nitrogens with one attached hydrogen (secondary N) is 1. The second-order valence-corrected chi connectivity index (χ2v) is 10.5. The summed E-state index contributed by atoms with van der Waals surface area (Å²) in [6.07, 6.45) is 9.63. The van der Waals surface area contributed by atoms with Crippen LogP contribution in [-0.2, 0) is 4.79 Å². The van der Waals surface area contributed by atoms with E-state index in [2.05, 4.69) is 72.1 Å². The van der Waals surface area contributed by atoms with Crippen molar-refractivity contribution >= 4 is 17.2 Å². The number of allylic oxidation sites excluding steroid dienone is 4. The molecule has 5 heteroatoms. The summed E-state index contributed by atoms with van der Waals surface area (Å²) in [5.41, 5.74) is 6.18. The van der Waals surface area contributed by atoms with Gasteiger partial charge in [-0.15, -0.1) is 0 Å². The van der Waals surface area contributed by atoms with Crippen molar-refractivity contribution < 1.29 is 4.79 Å². The van der Waals surface area contributed by atoms with Crippen molar-refractivity contribution in [3.8, 4) is 0 Å². The first kappa shape index (κ1) is 23.5. The highest BCUT2D eigenvalue weighted by Gasteiger charge is 2.26. The van der Waals surface area contributed by atoms with Gasteiger partial charge in [0, 0.05) is 49.0 Å². The first-order valence-electron chi connectivity index (χ1n) is 12.1. The van der Waals surface area contributed by atoms with Crippen molar-refractivity contribution in [2.45, 2.75) is 52.5 Å². The molecule has 3 aliphatic rings. The molecular formula is C28H36N4O. The summed E-state index contributed by atoms with van der Waals surface area (Å²) in [5, 5.41) is 3.16. The summed E-state index contributed by atoms with van der Waals surface area (Å²) >= 11 is 0. The molecule has 0 saturated carbocycles. The topological polar surface area (TPSA) is 39.9 Å². The van der Waals surface area contributed by atoms with Gasteiger partial charge < -0.3 is 10.2 Å². The summed E-state index contributed by atoms with van der Waals surface area (Å²) in [5.74, 6) is -0.109. The molecule has 2 aliphatic carbocycles. The molecule has 0 radical (unpaired) electrons. The first-order valence-corrected chi connectivity index (χ1v) is 12.1. The van der Waals surface area contributed by atoms with Crippen molar-refractivity contribution in [2.75, 3.05) is 38.5 Å². The number of rotatable bonds is 5. The molecule has 0 aromatic heterocycles. The minimum absolute atomic E-state index is 0.109. The molecule has 1 aromatic carbocycles. The molecule has 33 heavy (non-hydrogen) atoms. The molecule has 1 aromatic rings. The van der Waals surface area contributed by atoms with E-state index in [-0.39, 0.29) is 5.91 Å². The highest BCUT2D eigenvalue weighted by molar-refractivity contribution is 6.06. The van der Waals surface area contributed by atoms with E-state index in [0.717, 1.165) is 56.7 Å². The number of anilines is 1. The fourth-order valence-corrected chi connectivity index (χ4v) is 4.89. The lowest BCUT2D eigenvalue weighted by Gasteiger charge is -2.37. The summed E-state index contributed by atoms with van der Waals surface area (Å²) in [6, 6.07) is 6.88. The highest BCUT2D eigenvalue weighted by atomic mass is 16.1. The third-order valence-corrected chi connectivity index (χ3v) is 7.45. The Morgan fingerprint density at radius 2 is 1.94 bits per heavy atom. The third-order valence-electron chi connectivity index (χ3n) is 7.45. The number of carbonyl (C=O) groups excluding carboxylic acids is 1. The smallest absolute Gasteiger partial charge is 0.250 e. The van der Waals surface area contributed by atoms with E-state index in [1.165, 1.54) is 11.1 Å². The van der Waals surface area contributed by atoms with Gasteiger partial charge in [0.25, 0.3) is 5.91 Å². The van der Waals surface area contributed by atoms with Crippen LogP contribution < -0.4 is 5.32 Å². The van der Waals surface area contributed by atoms with Gasteiger partial charge in [-0.25, -0.2) is 4.85 Å². The molecule has 1 unspecified atom stereocenters. The van der Waals surface area contributed by atoms with Crippen molar-refractivity contribution in [2.24, 2.45) is 5.41 Å². The van der Waals surface area contributed by atoms with Gasteiger partial charge in [-0.3, -0.25) is 9.69 Å². The Morgan fingerprint density at radius 1 is 1.18 bits per heavy atom. The van der Waals surface area contributed by atoms with E-state index >= 15 is 0 Å². The molecule has 4 rings (SSSR count). The quantitative estimate of drug-likeness (QED) is 0.596. The van der Waals surface area contributed by atoms with Gasteiger partial charge in [-0.05, 0) is 74.4 Å². The number of hydrogen-bond donors (Lipinski definition) is 1. The molecule has 1 amide bonds. The normalized spacial score (nSPS) is 22.1. The van der Waals surface area contributed by atoms with Crippen LogP contribution in [0.25, 0.3) is 10.4 Å². The van der Waals surface area contributed by atoms with E-state index in [1.807, 2.05) is 6.08 Å². The number of benzene rings is 1. The lowest BCUT2D eigenvalue weighted by atomic mass is 9.76. The average molecular weight is 445 g/mol. The number of piperazine rings is 1. The number of hydrogen-bond acceptors (Lipinski definition) is 3. The second-order valence-electron chi connectivity index (χ2n) is 10.5. The minimum Gasteiger partial charge on any atom is -0.322 e. The van der Waals surface area contributed by atoms with Crippen LogP contribution in [0, 0.1) is 12.0 Å². The zero-order chi connectivity index (χ0) is 23.6. The van der Waals surface area contributed by atoms with E-state index in [4.69, 9.17) is 6.57 Å². The molecule has 0 spiro atoms. The summed E-state index contributed by atoms with van der Waals surface area (Å²) in [6.45, 7) is 18.5. The number of amides is 1. The van der Waals surface area contributed by atoms with Gasteiger partial charge in [0.15, 0.2) is 5.70 Å². The van der Waals surface area contributed by atoms with Crippen LogP contribution in [0.4, 0.5) is 5.69 Å². The molecule has 0 bridgehead atoms. The summed E-state index contributed by atoms with van der Waals surface area (Å²) in [7, 11) is 2.19. The van der Waals surface area contributed by atoms with E-state index in [1.54, 1.807) is 6.08 Å². The Balaban J connectivity index is 1.61.